The Morgan fingerprint density at radius 1 is 1.05 bits per heavy atom. The van der Waals surface area contributed by atoms with Gasteiger partial charge in [0.05, 0.1) is 12.7 Å². The molecule has 0 bridgehead atoms. The molecule has 0 spiro atoms. The van der Waals surface area contributed by atoms with Gasteiger partial charge in [0.15, 0.2) is 0 Å². The molecule has 2 rings (SSSR count). The second-order valence-corrected chi connectivity index (χ2v) is 5.67. The number of hydrogen-bond donors (Lipinski definition) is 1. The van der Waals surface area contributed by atoms with E-state index in [1.165, 1.54) is 0 Å². The summed E-state index contributed by atoms with van der Waals surface area (Å²) in [7, 11) is 0. The van der Waals surface area contributed by atoms with Crippen LogP contribution in [0.2, 0.25) is 0 Å². The monoisotopic (exact) mass is 292 g/mol. The first kappa shape index (κ1) is 16.3. The van der Waals surface area contributed by atoms with Crippen LogP contribution < -0.4 is 4.74 Å². The normalized spacial score (nSPS) is 18.6. The zero-order valence-electron chi connectivity index (χ0n) is 13.3. The number of nitrogens with zero attached hydrogens (tertiary/aromatic N) is 2. The summed E-state index contributed by atoms with van der Waals surface area (Å²) in [6.45, 7) is 11.2. The number of aliphatic hydroxyl groups is 1. The number of benzene rings is 1. The fraction of sp³-hybridized carbons (Fsp3) is 0.647. The van der Waals surface area contributed by atoms with Crippen LogP contribution in [0.1, 0.15) is 31.9 Å². The number of aliphatic hydroxyl groups excluding tert-OH is 1. The highest BCUT2D eigenvalue weighted by molar-refractivity contribution is 5.28. The van der Waals surface area contributed by atoms with E-state index in [0.29, 0.717) is 6.54 Å². The molecule has 1 aliphatic rings. The Bertz CT molecular complexity index is 400. The molecule has 1 N–H and O–H groups in total. The Morgan fingerprint density at radius 2 is 1.67 bits per heavy atom. The number of hydrogen-bond acceptors (Lipinski definition) is 4. The van der Waals surface area contributed by atoms with Gasteiger partial charge in [-0.2, -0.15) is 0 Å². The Balaban J connectivity index is 1.81. The van der Waals surface area contributed by atoms with Crippen molar-refractivity contribution >= 4 is 0 Å². The van der Waals surface area contributed by atoms with Crippen molar-refractivity contribution in [1.29, 1.82) is 0 Å². The van der Waals surface area contributed by atoms with E-state index in [2.05, 4.69) is 23.6 Å². The topological polar surface area (TPSA) is 35.9 Å². The van der Waals surface area contributed by atoms with E-state index >= 15 is 0 Å². The van der Waals surface area contributed by atoms with Gasteiger partial charge in [0.2, 0.25) is 0 Å². The molecule has 1 aliphatic heterocycles. The molecule has 4 heteroatoms. The first-order chi connectivity index (χ1) is 10.2. The Morgan fingerprint density at radius 3 is 2.24 bits per heavy atom. The van der Waals surface area contributed by atoms with Crippen molar-refractivity contribution in [3.63, 3.8) is 0 Å². The van der Waals surface area contributed by atoms with E-state index < -0.39 is 6.10 Å². The van der Waals surface area contributed by atoms with Crippen LogP contribution in [0.3, 0.4) is 0 Å². The number of ether oxygens (including phenoxy) is 1. The standard InChI is InChI=1S/C17H28N2O2/c1-3-13-21-16-7-5-15(6-8-16)17(20)14-19-11-9-18(4-2)10-12-19/h5-8,17,20H,3-4,9-14H2,1-2H3. The van der Waals surface area contributed by atoms with Gasteiger partial charge in [0, 0.05) is 32.7 Å². The quantitative estimate of drug-likeness (QED) is 0.835. The van der Waals surface area contributed by atoms with E-state index in [4.69, 9.17) is 4.74 Å². The second kappa shape index (κ2) is 8.37. The Kier molecular flexibility index (Phi) is 6.49. The van der Waals surface area contributed by atoms with Gasteiger partial charge in [-0.1, -0.05) is 26.0 Å². The minimum atomic E-state index is -0.418. The Labute approximate surface area is 128 Å². The van der Waals surface area contributed by atoms with Crippen molar-refractivity contribution in [1.82, 2.24) is 9.80 Å². The van der Waals surface area contributed by atoms with Gasteiger partial charge in [-0.05, 0) is 30.7 Å². The van der Waals surface area contributed by atoms with Crippen LogP contribution in [0, 0.1) is 0 Å². The third kappa shape index (κ3) is 4.99. The van der Waals surface area contributed by atoms with E-state index in [1.807, 2.05) is 24.3 Å². The van der Waals surface area contributed by atoms with Gasteiger partial charge in [0.25, 0.3) is 0 Å². The van der Waals surface area contributed by atoms with Gasteiger partial charge in [0.1, 0.15) is 5.75 Å². The predicted octanol–water partition coefficient (Wildman–Crippen LogP) is 2.15. The second-order valence-electron chi connectivity index (χ2n) is 5.67. The summed E-state index contributed by atoms with van der Waals surface area (Å²) in [6.07, 6.45) is 0.590. The molecule has 0 amide bonds. The van der Waals surface area contributed by atoms with Crippen LogP contribution in [0.5, 0.6) is 5.75 Å². The maximum atomic E-state index is 10.4. The van der Waals surface area contributed by atoms with Gasteiger partial charge in [-0.25, -0.2) is 0 Å². The van der Waals surface area contributed by atoms with Gasteiger partial charge in [-0.15, -0.1) is 0 Å². The van der Waals surface area contributed by atoms with E-state index in [-0.39, 0.29) is 0 Å². The lowest BCUT2D eigenvalue weighted by molar-refractivity contribution is 0.0744. The lowest BCUT2D eigenvalue weighted by Crippen LogP contribution is -2.47. The van der Waals surface area contributed by atoms with Crippen molar-refractivity contribution in [3.05, 3.63) is 29.8 Å². The fourth-order valence-corrected chi connectivity index (χ4v) is 2.64. The summed E-state index contributed by atoms with van der Waals surface area (Å²) < 4.78 is 5.57. The molecule has 0 aliphatic carbocycles. The summed E-state index contributed by atoms with van der Waals surface area (Å²) in [6, 6.07) is 7.84. The molecule has 0 radical (unpaired) electrons. The highest BCUT2D eigenvalue weighted by atomic mass is 16.5. The molecule has 0 saturated carbocycles. The minimum Gasteiger partial charge on any atom is -0.494 e. The van der Waals surface area contributed by atoms with Crippen LogP contribution in [-0.2, 0) is 0 Å². The molecule has 1 aromatic rings. The predicted molar refractivity (Wildman–Crippen MR) is 85.7 cm³/mol. The first-order valence-corrected chi connectivity index (χ1v) is 8.08. The third-order valence-corrected chi connectivity index (χ3v) is 4.08. The van der Waals surface area contributed by atoms with Crippen molar-refractivity contribution in [2.75, 3.05) is 45.9 Å². The molecule has 1 fully saturated rings. The van der Waals surface area contributed by atoms with E-state index in [0.717, 1.165) is 57.1 Å². The molecular weight excluding hydrogens is 264 g/mol. The molecule has 1 saturated heterocycles. The summed E-state index contributed by atoms with van der Waals surface area (Å²) in [5.41, 5.74) is 0.969. The van der Waals surface area contributed by atoms with E-state index in [1.54, 1.807) is 0 Å². The number of β-amino-alcohol motifs (C(OH)–C–C–N with tert-alkyl or cyclic N) is 1. The van der Waals surface area contributed by atoms with Crippen LogP contribution >= 0.6 is 0 Å². The van der Waals surface area contributed by atoms with E-state index in [9.17, 15) is 5.11 Å². The van der Waals surface area contributed by atoms with Crippen LogP contribution in [0.4, 0.5) is 0 Å². The van der Waals surface area contributed by atoms with Gasteiger partial charge < -0.3 is 14.7 Å². The number of piperazine rings is 1. The van der Waals surface area contributed by atoms with Crippen molar-refractivity contribution in [3.8, 4) is 5.75 Å². The molecule has 1 aromatic carbocycles. The van der Waals surface area contributed by atoms with Crippen molar-refractivity contribution in [2.24, 2.45) is 0 Å². The summed E-state index contributed by atoms with van der Waals surface area (Å²) >= 11 is 0. The van der Waals surface area contributed by atoms with Crippen LogP contribution in [-0.4, -0.2) is 60.8 Å². The highest BCUT2D eigenvalue weighted by Crippen LogP contribution is 2.19. The number of likely N-dealkylation sites (N-methyl/N-ethyl adjacent to an activating group) is 1. The lowest BCUT2D eigenvalue weighted by atomic mass is 10.1. The SMILES string of the molecule is CCCOc1ccc(C(O)CN2CCN(CC)CC2)cc1. The van der Waals surface area contributed by atoms with Crippen molar-refractivity contribution in [2.45, 2.75) is 26.4 Å². The van der Waals surface area contributed by atoms with Gasteiger partial charge in [-0.3, -0.25) is 4.90 Å². The fourth-order valence-electron chi connectivity index (χ4n) is 2.64. The maximum absolute atomic E-state index is 10.4. The zero-order chi connectivity index (χ0) is 15.1. The van der Waals surface area contributed by atoms with Crippen LogP contribution in [0.15, 0.2) is 24.3 Å². The average Bonchev–Trinajstić information content (AvgIpc) is 2.54. The Hall–Kier alpha value is -1.10. The summed E-state index contributed by atoms with van der Waals surface area (Å²) in [5.74, 6) is 0.879. The molecule has 118 valence electrons. The molecule has 0 aromatic heterocycles. The maximum Gasteiger partial charge on any atom is 0.119 e. The average molecular weight is 292 g/mol. The van der Waals surface area contributed by atoms with Crippen LogP contribution in [0.25, 0.3) is 0 Å². The molecule has 1 heterocycles. The molecular formula is C17H28N2O2. The zero-order valence-corrected chi connectivity index (χ0v) is 13.3. The number of rotatable bonds is 7. The largest absolute Gasteiger partial charge is 0.494 e. The highest BCUT2D eigenvalue weighted by Gasteiger charge is 2.18. The third-order valence-electron chi connectivity index (χ3n) is 4.08. The first-order valence-electron chi connectivity index (χ1n) is 8.08. The smallest absolute Gasteiger partial charge is 0.119 e. The lowest BCUT2D eigenvalue weighted by Gasteiger charge is -2.35. The summed E-state index contributed by atoms with van der Waals surface area (Å²) in [5, 5.41) is 10.4. The molecule has 4 nitrogen and oxygen atoms in total. The van der Waals surface area contributed by atoms with Gasteiger partial charge >= 0.3 is 0 Å². The summed E-state index contributed by atoms with van der Waals surface area (Å²) in [4.78, 5) is 4.79. The molecule has 1 unspecified atom stereocenters. The molecule has 21 heavy (non-hydrogen) atoms. The molecule has 1 atom stereocenters. The minimum absolute atomic E-state index is 0.418. The van der Waals surface area contributed by atoms with Crippen molar-refractivity contribution < 1.29 is 9.84 Å².